The quantitative estimate of drug-likeness (QED) is 0.237. The van der Waals surface area contributed by atoms with Crippen LogP contribution in [-0.2, 0) is 12.8 Å². The molecule has 5 rings (SSSR count). The summed E-state index contributed by atoms with van der Waals surface area (Å²) in [6.07, 6.45) is 5.61. The minimum atomic E-state index is 0.783. The molecular weight excluding hydrogens is 508 g/mol. The van der Waals surface area contributed by atoms with E-state index in [0.29, 0.717) is 0 Å². The Labute approximate surface area is 200 Å². The van der Waals surface area contributed by atoms with Gasteiger partial charge in [0.2, 0.25) is 0 Å². The van der Waals surface area contributed by atoms with Crippen molar-refractivity contribution in [2.24, 2.45) is 0 Å². The second-order valence-electron chi connectivity index (χ2n) is 6.80. The molecule has 1 N–H and O–H groups in total. The zero-order chi connectivity index (χ0) is 21.0. The number of nitrogens with zero attached hydrogens (tertiary/aromatic N) is 3. The molecule has 0 aliphatic heterocycles. The zero-order valence-corrected chi connectivity index (χ0v) is 20.3. The minimum Gasteiger partial charge on any atom is -0.316 e. The van der Waals surface area contributed by atoms with Crippen molar-refractivity contribution in [2.75, 3.05) is 5.32 Å². The number of nitrogens with one attached hydrogen (secondary N) is 1. The Kier molecular flexibility index (Phi) is 6.31. The van der Waals surface area contributed by atoms with Gasteiger partial charge in [-0.2, -0.15) is 0 Å². The molecule has 0 spiro atoms. The van der Waals surface area contributed by atoms with E-state index in [9.17, 15) is 0 Å². The first kappa shape index (κ1) is 20.6. The number of aryl methyl sites for hydroxylation is 2. The van der Waals surface area contributed by atoms with Gasteiger partial charge in [-0.15, -0.1) is 22.7 Å². The van der Waals surface area contributed by atoms with Crippen molar-refractivity contribution in [1.82, 2.24) is 15.0 Å². The first-order chi connectivity index (χ1) is 15.2. The molecule has 0 unspecified atom stereocenters. The van der Waals surface area contributed by atoms with Gasteiger partial charge in [-0.1, -0.05) is 42.1 Å². The van der Waals surface area contributed by atoms with Gasteiger partial charge in [0.25, 0.3) is 0 Å². The number of hydrogen-bond acceptors (Lipinski definition) is 7. The predicted molar refractivity (Wildman–Crippen MR) is 135 cm³/mol. The van der Waals surface area contributed by atoms with Gasteiger partial charge < -0.3 is 5.32 Å². The van der Waals surface area contributed by atoms with Crippen molar-refractivity contribution >= 4 is 71.5 Å². The summed E-state index contributed by atoms with van der Waals surface area (Å²) in [5.41, 5.74) is 3.46. The van der Waals surface area contributed by atoms with E-state index in [1.807, 2.05) is 18.5 Å². The summed E-state index contributed by atoms with van der Waals surface area (Å²) in [6.45, 7) is 0. The second kappa shape index (κ2) is 9.48. The smallest absolute Gasteiger partial charge is 0.188 e. The first-order valence-electron chi connectivity index (χ1n) is 9.65. The van der Waals surface area contributed by atoms with Gasteiger partial charge >= 0.3 is 0 Å². The molecule has 0 amide bonds. The lowest BCUT2D eigenvalue weighted by molar-refractivity contribution is 0.927. The molecule has 0 atom stereocenters. The zero-order valence-electron chi connectivity index (χ0n) is 16.3. The van der Waals surface area contributed by atoms with Crippen molar-refractivity contribution in [2.45, 2.75) is 22.6 Å². The van der Waals surface area contributed by atoms with Gasteiger partial charge in [0, 0.05) is 32.0 Å². The van der Waals surface area contributed by atoms with Gasteiger partial charge in [0.05, 0.1) is 15.9 Å². The normalized spacial score (nSPS) is 11.1. The Morgan fingerprint density at radius 3 is 2.77 bits per heavy atom. The number of thiophene rings is 1. The molecule has 0 radical (unpaired) electrons. The fraction of sp³-hybridized carbons (Fsp3) is 0.0870. The second-order valence-corrected chi connectivity index (χ2v) is 10.5. The van der Waals surface area contributed by atoms with Crippen LogP contribution in [-0.4, -0.2) is 15.0 Å². The molecule has 0 bridgehead atoms. The summed E-state index contributed by atoms with van der Waals surface area (Å²) in [5, 5.41) is 8.41. The van der Waals surface area contributed by atoms with E-state index in [2.05, 4.69) is 84.4 Å². The van der Waals surface area contributed by atoms with E-state index in [4.69, 9.17) is 4.98 Å². The third-order valence-corrected chi connectivity index (χ3v) is 8.53. The summed E-state index contributed by atoms with van der Waals surface area (Å²) in [7, 11) is 0. The fourth-order valence-electron chi connectivity index (χ4n) is 3.12. The maximum Gasteiger partial charge on any atom is 0.188 e. The molecule has 0 saturated carbocycles. The van der Waals surface area contributed by atoms with E-state index >= 15 is 0 Å². The van der Waals surface area contributed by atoms with Crippen molar-refractivity contribution in [1.29, 1.82) is 0 Å². The van der Waals surface area contributed by atoms with Crippen LogP contribution in [0.1, 0.15) is 11.3 Å². The maximum atomic E-state index is 4.73. The van der Waals surface area contributed by atoms with Crippen LogP contribution in [0.25, 0.3) is 10.2 Å². The lowest BCUT2D eigenvalue weighted by atomic mass is 10.1. The average Bonchev–Trinajstić information content (AvgIpc) is 3.45. The molecule has 154 valence electrons. The number of fused-ring (bicyclic) bond motifs is 1. The van der Waals surface area contributed by atoms with E-state index in [1.54, 1.807) is 34.4 Å². The highest BCUT2D eigenvalue weighted by Crippen LogP contribution is 2.39. The lowest BCUT2D eigenvalue weighted by Gasteiger charge is -2.08. The monoisotopic (exact) mass is 524 g/mol. The van der Waals surface area contributed by atoms with E-state index in [0.717, 1.165) is 44.4 Å². The molecule has 0 fully saturated rings. The third kappa shape index (κ3) is 4.98. The van der Waals surface area contributed by atoms with Crippen LogP contribution in [0.4, 0.5) is 10.9 Å². The Morgan fingerprint density at radius 1 is 0.968 bits per heavy atom. The van der Waals surface area contributed by atoms with Crippen LogP contribution in [0.2, 0.25) is 0 Å². The molecular formula is C23H17BrN4S3. The molecule has 4 nitrogen and oxygen atoms in total. The van der Waals surface area contributed by atoms with Crippen LogP contribution in [0.15, 0.2) is 85.9 Å². The number of anilines is 2. The van der Waals surface area contributed by atoms with Crippen LogP contribution < -0.4 is 5.32 Å². The maximum absolute atomic E-state index is 4.73. The van der Waals surface area contributed by atoms with Crippen LogP contribution in [0.3, 0.4) is 0 Å². The number of pyridine rings is 2. The largest absolute Gasteiger partial charge is 0.316 e. The van der Waals surface area contributed by atoms with E-state index in [-0.39, 0.29) is 0 Å². The average molecular weight is 526 g/mol. The minimum absolute atomic E-state index is 0.783. The van der Waals surface area contributed by atoms with Gasteiger partial charge in [-0.05, 0) is 57.9 Å². The summed E-state index contributed by atoms with van der Waals surface area (Å²) >= 11 is 8.67. The molecule has 31 heavy (non-hydrogen) atoms. The highest BCUT2D eigenvalue weighted by atomic mass is 79.9. The number of halogens is 1. The number of hydrogen-bond donors (Lipinski definition) is 1. The van der Waals surface area contributed by atoms with E-state index < -0.39 is 0 Å². The van der Waals surface area contributed by atoms with Gasteiger partial charge in [-0.3, -0.25) is 4.98 Å². The third-order valence-electron chi connectivity index (χ3n) is 4.65. The Bertz CT molecular complexity index is 1320. The molecule has 4 aromatic heterocycles. The highest BCUT2D eigenvalue weighted by molar-refractivity contribution is 9.10. The van der Waals surface area contributed by atoms with E-state index in [1.165, 1.54) is 15.2 Å². The van der Waals surface area contributed by atoms with Crippen LogP contribution >= 0.6 is 50.4 Å². The first-order valence-corrected chi connectivity index (χ1v) is 13.0. The summed E-state index contributed by atoms with van der Waals surface area (Å²) < 4.78 is 2.17. The Balaban J connectivity index is 1.29. The molecule has 0 aliphatic carbocycles. The van der Waals surface area contributed by atoms with Crippen molar-refractivity contribution in [3.05, 3.63) is 87.4 Å². The van der Waals surface area contributed by atoms with Crippen molar-refractivity contribution in [3.8, 4) is 0 Å². The number of benzene rings is 1. The summed E-state index contributed by atoms with van der Waals surface area (Å²) in [6, 6.07) is 16.7. The molecule has 4 heterocycles. The van der Waals surface area contributed by atoms with Crippen molar-refractivity contribution in [3.63, 3.8) is 0 Å². The van der Waals surface area contributed by atoms with Gasteiger partial charge in [0.15, 0.2) is 5.13 Å². The van der Waals surface area contributed by atoms with Crippen molar-refractivity contribution < 1.29 is 0 Å². The molecule has 0 saturated heterocycles. The predicted octanol–water partition coefficient (Wildman–Crippen LogP) is 7.59. The summed E-state index contributed by atoms with van der Waals surface area (Å²) in [4.78, 5) is 16.0. The molecule has 8 heteroatoms. The highest BCUT2D eigenvalue weighted by Gasteiger charge is 2.11. The fourth-order valence-corrected chi connectivity index (χ4v) is 6.24. The molecule has 0 aliphatic rings. The summed E-state index contributed by atoms with van der Waals surface area (Å²) in [5.74, 6) is 0.783. The number of thiazole rings is 1. The van der Waals surface area contributed by atoms with Gasteiger partial charge in [0.1, 0.15) is 5.82 Å². The van der Waals surface area contributed by atoms with Gasteiger partial charge in [-0.25, -0.2) is 9.97 Å². The molecule has 1 aromatic carbocycles. The SMILES string of the molecule is Brc1cnc(Nc2nc(CCc3ccccc3)cs2)cc1Sc1ccnc2ccsc12. The number of aromatic nitrogens is 3. The topological polar surface area (TPSA) is 50.7 Å². The Morgan fingerprint density at radius 2 is 1.87 bits per heavy atom. The standard InChI is InChI=1S/C23H17BrN4S3/c24-17-13-26-21(12-20(17)31-19-8-10-25-18-9-11-29-22(18)19)28-23-27-16(14-30-23)7-6-15-4-2-1-3-5-15/h1-5,8-14H,6-7H2,(H,26,27,28). The molecule has 5 aromatic rings. The lowest BCUT2D eigenvalue weighted by Crippen LogP contribution is -1.95. The van der Waals surface area contributed by atoms with Crippen LogP contribution in [0.5, 0.6) is 0 Å². The number of rotatable bonds is 7. The van der Waals surface area contributed by atoms with Crippen LogP contribution in [0, 0.1) is 0 Å². The Hall–Kier alpha value is -2.26.